The van der Waals surface area contributed by atoms with E-state index < -0.39 is 0 Å². The van der Waals surface area contributed by atoms with Crippen molar-refractivity contribution in [1.29, 1.82) is 0 Å². The average Bonchev–Trinajstić information content (AvgIpc) is 3.26. The van der Waals surface area contributed by atoms with Crippen LogP contribution in [0.4, 0.5) is 34.1 Å². The highest BCUT2D eigenvalue weighted by molar-refractivity contribution is 5.88. The Hall–Kier alpha value is -5.08. The van der Waals surface area contributed by atoms with Gasteiger partial charge in [0.1, 0.15) is 0 Å². The molecule has 7 rings (SSSR count). The van der Waals surface area contributed by atoms with Gasteiger partial charge in [-0.3, -0.25) is 0 Å². The molecule has 0 fully saturated rings. The Labute approximate surface area is 268 Å². The number of fused-ring (bicyclic) bond motifs is 3. The number of rotatable bonds is 6. The van der Waals surface area contributed by atoms with Crippen LogP contribution >= 0.6 is 0 Å². The van der Waals surface area contributed by atoms with Gasteiger partial charge in [-0.15, -0.1) is 0 Å². The summed E-state index contributed by atoms with van der Waals surface area (Å²) >= 11 is 0. The van der Waals surface area contributed by atoms with Crippen molar-refractivity contribution in [3.05, 3.63) is 167 Å². The van der Waals surface area contributed by atoms with Crippen molar-refractivity contribution in [2.45, 2.75) is 47.0 Å². The zero-order valence-corrected chi connectivity index (χ0v) is 27.1. The van der Waals surface area contributed by atoms with Crippen LogP contribution in [0.1, 0.15) is 47.2 Å². The molecule has 0 saturated heterocycles. The fourth-order valence-electron chi connectivity index (χ4n) is 6.66. The summed E-state index contributed by atoms with van der Waals surface area (Å²) in [6, 6.07) is 49.3. The first-order chi connectivity index (χ1) is 21.7. The Morgan fingerprint density at radius 3 is 0.844 bits per heavy atom. The van der Waals surface area contributed by atoms with Crippen molar-refractivity contribution in [2.75, 3.05) is 9.80 Å². The number of aryl methyl sites for hydroxylation is 4. The van der Waals surface area contributed by atoms with E-state index in [1.54, 1.807) is 0 Å². The molecule has 45 heavy (non-hydrogen) atoms. The molecule has 0 unspecified atom stereocenters. The summed E-state index contributed by atoms with van der Waals surface area (Å²) in [5.74, 6) is 0. The number of anilines is 6. The highest BCUT2D eigenvalue weighted by Gasteiger charge is 2.36. The van der Waals surface area contributed by atoms with Crippen molar-refractivity contribution in [3.8, 4) is 11.1 Å². The molecule has 0 N–H and O–H groups in total. The summed E-state index contributed by atoms with van der Waals surface area (Å²) in [7, 11) is 0. The molecule has 0 atom stereocenters. The van der Waals surface area contributed by atoms with Gasteiger partial charge in [0.25, 0.3) is 0 Å². The average molecular weight is 585 g/mol. The first-order valence-corrected chi connectivity index (χ1v) is 15.9. The predicted octanol–water partition coefficient (Wildman–Crippen LogP) is 12.2. The monoisotopic (exact) mass is 584 g/mol. The normalized spacial score (nSPS) is 12.8. The molecule has 2 nitrogen and oxygen atoms in total. The van der Waals surface area contributed by atoms with E-state index in [0.717, 1.165) is 22.7 Å². The van der Waals surface area contributed by atoms with Gasteiger partial charge in [0, 0.05) is 39.5 Å². The van der Waals surface area contributed by atoms with Crippen molar-refractivity contribution in [3.63, 3.8) is 0 Å². The van der Waals surface area contributed by atoms with Crippen LogP contribution in [0.2, 0.25) is 0 Å². The molecule has 0 bridgehead atoms. The molecule has 0 saturated carbocycles. The van der Waals surface area contributed by atoms with Gasteiger partial charge in [0.15, 0.2) is 0 Å². The molecule has 222 valence electrons. The van der Waals surface area contributed by atoms with Gasteiger partial charge in [-0.05, 0) is 123 Å². The van der Waals surface area contributed by atoms with Gasteiger partial charge in [0.05, 0.1) is 0 Å². The maximum absolute atomic E-state index is 2.41. The predicted molar refractivity (Wildman–Crippen MR) is 192 cm³/mol. The Kier molecular flexibility index (Phi) is 7.09. The minimum absolute atomic E-state index is 0.171. The second kappa shape index (κ2) is 11.1. The second-order valence-electron chi connectivity index (χ2n) is 13.1. The molecule has 0 radical (unpaired) electrons. The van der Waals surface area contributed by atoms with E-state index in [2.05, 4.69) is 185 Å². The summed E-state index contributed by atoms with van der Waals surface area (Å²) in [6.07, 6.45) is 0. The third kappa shape index (κ3) is 5.21. The van der Waals surface area contributed by atoms with Crippen LogP contribution in [0.15, 0.2) is 133 Å². The third-order valence-electron chi connectivity index (χ3n) is 9.33. The molecule has 0 spiro atoms. The molecular weight excluding hydrogens is 544 g/mol. The van der Waals surface area contributed by atoms with Crippen LogP contribution in [0.3, 0.4) is 0 Å². The molecular formula is C43H40N2. The highest BCUT2D eigenvalue weighted by atomic mass is 15.1. The zero-order chi connectivity index (χ0) is 31.3. The fourth-order valence-corrected chi connectivity index (χ4v) is 6.66. The summed E-state index contributed by atoms with van der Waals surface area (Å²) in [4.78, 5) is 4.75. The molecule has 0 aromatic heterocycles. The SMILES string of the molecule is Cc1ccc(N(c2ccc(C)cc2)c2ccc3c(c2)C(C)(C)c2cc(N(c4ccc(C)cc4)c4ccc(C)cc4)ccc2-3)cc1. The minimum Gasteiger partial charge on any atom is -0.310 e. The first-order valence-electron chi connectivity index (χ1n) is 15.9. The molecule has 2 heteroatoms. The van der Waals surface area contributed by atoms with E-state index in [-0.39, 0.29) is 5.41 Å². The van der Waals surface area contributed by atoms with E-state index in [9.17, 15) is 0 Å². The maximum Gasteiger partial charge on any atom is 0.0465 e. The van der Waals surface area contributed by atoms with Crippen molar-refractivity contribution >= 4 is 34.1 Å². The van der Waals surface area contributed by atoms with Crippen molar-refractivity contribution < 1.29 is 0 Å². The van der Waals surface area contributed by atoms with E-state index in [1.807, 2.05) is 0 Å². The van der Waals surface area contributed by atoms with Crippen LogP contribution < -0.4 is 9.80 Å². The number of hydrogen-bond donors (Lipinski definition) is 0. The van der Waals surface area contributed by atoms with E-state index in [4.69, 9.17) is 0 Å². The molecule has 1 aliphatic carbocycles. The summed E-state index contributed by atoms with van der Waals surface area (Å²) in [5.41, 5.74) is 17.2. The Morgan fingerprint density at radius 1 is 0.333 bits per heavy atom. The Morgan fingerprint density at radius 2 is 0.578 bits per heavy atom. The van der Waals surface area contributed by atoms with Crippen molar-refractivity contribution in [2.24, 2.45) is 0 Å². The second-order valence-corrected chi connectivity index (χ2v) is 13.1. The van der Waals surface area contributed by atoms with Gasteiger partial charge in [-0.25, -0.2) is 0 Å². The third-order valence-corrected chi connectivity index (χ3v) is 9.33. The van der Waals surface area contributed by atoms with Crippen molar-refractivity contribution in [1.82, 2.24) is 0 Å². The first kappa shape index (κ1) is 28.7. The molecule has 0 aliphatic heterocycles. The minimum atomic E-state index is -0.171. The Bertz CT molecular complexity index is 1740. The van der Waals surface area contributed by atoms with E-state index in [1.165, 1.54) is 55.9 Å². The van der Waals surface area contributed by atoms with Crippen LogP contribution in [0.25, 0.3) is 11.1 Å². The van der Waals surface area contributed by atoms with Crippen LogP contribution in [-0.4, -0.2) is 0 Å². The van der Waals surface area contributed by atoms with E-state index in [0.29, 0.717) is 0 Å². The summed E-state index contributed by atoms with van der Waals surface area (Å²) in [6.45, 7) is 13.3. The van der Waals surface area contributed by atoms with Gasteiger partial charge in [-0.2, -0.15) is 0 Å². The summed E-state index contributed by atoms with van der Waals surface area (Å²) < 4.78 is 0. The maximum atomic E-state index is 2.41. The summed E-state index contributed by atoms with van der Waals surface area (Å²) in [5, 5.41) is 0. The number of hydrogen-bond acceptors (Lipinski definition) is 2. The molecule has 1 aliphatic rings. The molecule has 6 aromatic carbocycles. The number of nitrogens with zero attached hydrogens (tertiary/aromatic N) is 2. The largest absolute Gasteiger partial charge is 0.310 e. The molecule has 0 amide bonds. The van der Waals surface area contributed by atoms with E-state index >= 15 is 0 Å². The van der Waals surface area contributed by atoms with Crippen LogP contribution in [0, 0.1) is 27.7 Å². The van der Waals surface area contributed by atoms with Gasteiger partial charge >= 0.3 is 0 Å². The fraction of sp³-hybridized carbons (Fsp3) is 0.163. The quantitative estimate of drug-likeness (QED) is 0.192. The molecule has 6 aromatic rings. The lowest BCUT2D eigenvalue weighted by Gasteiger charge is -2.29. The topological polar surface area (TPSA) is 6.48 Å². The lowest BCUT2D eigenvalue weighted by molar-refractivity contribution is 0.660. The van der Waals surface area contributed by atoms with Gasteiger partial charge in [0.2, 0.25) is 0 Å². The van der Waals surface area contributed by atoms with Crippen LogP contribution in [0.5, 0.6) is 0 Å². The van der Waals surface area contributed by atoms with Gasteiger partial charge < -0.3 is 9.80 Å². The number of benzene rings is 6. The van der Waals surface area contributed by atoms with Crippen LogP contribution in [-0.2, 0) is 5.41 Å². The lowest BCUT2D eigenvalue weighted by Crippen LogP contribution is -2.17. The zero-order valence-electron chi connectivity index (χ0n) is 27.1. The smallest absolute Gasteiger partial charge is 0.0465 e. The Balaban J connectivity index is 1.33. The van der Waals surface area contributed by atoms with Gasteiger partial charge in [-0.1, -0.05) is 96.8 Å². The highest BCUT2D eigenvalue weighted by Crippen LogP contribution is 2.52. The lowest BCUT2D eigenvalue weighted by atomic mass is 9.82. The molecule has 0 heterocycles. The standard InChI is InChI=1S/C43H40N2/c1-29-7-15-33(16-8-29)44(34-17-9-30(2)10-18-34)37-23-25-39-40-26-24-38(28-42(40)43(5,6)41(39)27-37)45(35-19-11-31(3)12-20-35)36-21-13-32(4)14-22-36/h7-28H,1-6H3.